The van der Waals surface area contributed by atoms with Gasteiger partial charge < -0.3 is 5.11 Å². The summed E-state index contributed by atoms with van der Waals surface area (Å²) < 4.78 is 0. The van der Waals surface area contributed by atoms with Gasteiger partial charge in [0, 0.05) is 0 Å². The Hall–Kier alpha value is -1.49. The summed E-state index contributed by atoms with van der Waals surface area (Å²) >= 11 is 0. The van der Waals surface area contributed by atoms with E-state index in [4.69, 9.17) is 10.4 Å². The molecular weight excluding hydrogens is 126 g/mol. The minimum absolute atomic E-state index is 0.141. The highest BCUT2D eigenvalue weighted by Crippen LogP contribution is 2.13. The van der Waals surface area contributed by atoms with E-state index >= 15 is 0 Å². The van der Waals surface area contributed by atoms with Gasteiger partial charge in [-0.3, -0.25) is 0 Å². The smallest absolute Gasteiger partial charge is 0.116 e. The third kappa shape index (κ3) is 1.08. The lowest BCUT2D eigenvalue weighted by molar-refractivity contribution is 0.475. The van der Waals surface area contributed by atoms with E-state index in [0.717, 1.165) is 5.56 Å². The van der Waals surface area contributed by atoms with Crippen molar-refractivity contribution in [2.24, 2.45) is 0 Å². The summed E-state index contributed by atoms with van der Waals surface area (Å²) in [5.41, 5.74) is 1.42. The second-order valence-electron chi connectivity index (χ2n) is 2.11. The van der Waals surface area contributed by atoms with Gasteiger partial charge in [-0.1, -0.05) is 6.07 Å². The SMILES string of the molecule is Cc1ccc(O)cc1C#N. The molecule has 0 aliphatic carbocycles. The molecule has 50 valence electrons. The van der Waals surface area contributed by atoms with E-state index in [1.807, 2.05) is 13.0 Å². The number of nitrogens with zero attached hydrogens (tertiary/aromatic N) is 1. The van der Waals surface area contributed by atoms with Gasteiger partial charge in [-0.2, -0.15) is 5.26 Å². The highest BCUT2D eigenvalue weighted by Gasteiger charge is 1.95. The summed E-state index contributed by atoms with van der Waals surface area (Å²) in [4.78, 5) is 0. The zero-order valence-corrected chi connectivity index (χ0v) is 5.63. The Morgan fingerprint density at radius 1 is 1.50 bits per heavy atom. The molecule has 0 aliphatic rings. The summed E-state index contributed by atoms with van der Waals surface area (Å²) in [5.74, 6) is 0.141. The normalized spacial score (nSPS) is 8.80. The Kier molecular flexibility index (Phi) is 1.59. The first-order valence-electron chi connectivity index (χ1n) is 2.94. The molecule has 1 N–H and O–H groups in total. The van der Waals surface area contributed by atoms with Gasteiger partial charge in [-0.15, -0.1) is 0 Å². The van der Waals surface area contributed by atoms with Gasteiger partial charge in [0.15, 0.2) is 0 Å². The first-order chi connectivity index (χ1) is 4.74. The Balaban J connectivity index is 3.25. The lowest BCUT2D eigenvalue weighted by Crippen LogP contribution is -1.79. The summed E-state index contributed by atoms with van der Waals surface area (Å²) in [6.07, 6.45) is 0. The number of nitriles is 1. The van der Waals surface area contributed by atoms with Crippen molar-refractivity contribution in [2.45, 2.75) is 6.92 Å². The molecule has 0 unspecified atom stereocenters. The van der Waals surface area contributed by atoms with Crippen molar-refractivity contribution >= 4 is 0 Å². The molecule has 0 bridgehead atoms. The molecule has 0 amide bonds. The van der Waals surface area contributed by atoms with Crippen LogP contribution < -0.4 is 0 Å². The fraction of sp³-hybridized carbons (Fsp3) is 0.125. The second kappa shape index (κ2) is 2.40. The van der Waals surface area contributed by atoms with Crippen LogP contribution in [0.1, 0.15) is 11.1 Å². The fourth-order valence-electron chi connectivity index (χ4n) is 0.730. The maximum absolute atomic E-state index is 8.92. The number of aryl methyl sites for hydroxylation is 1. The zero-order chi connectivity index (χ0) is 7.56. The van der Waals surface area contributed by atoms with Crippen molar-refractivity contribution < 1.29 is 5.11 Å². The molecule has 10 heavy (non-hydrogen) atoms. The molecule has 0 heterocycles. The average Bonchev–Trinajstić information content (AvgIpc) is 1.94. The number of rotatable bonds is 0. The Morgan fingerprint density at radius 3 is 2.70 bits per heavy atom. The Morgan fingerprint density at radius 2 is 2.20 bits per heavy atom. The molecule has 0 atom stereocenters. The van der Waals surface area contributed by atoms with Crippen molar-refractivity contribution in [2.75, 3.05) is 0 Å². The van der Waals surface area contributed by atoms with Crippen LogP contribution in [-0.4, -0.2) is 5.11 Å². The molecule has 1 aromatic carbocycles. The largest absolute Gasteiger partial charge is 0.508 e. The molecule has 2 heteroatoms. The van der Waals surface area contributed by atoms with E-state index in [-0.39, 0.29) is 5.75 Å². The Bertz CT molecular complexity index is 286. The van der Waals surface area contributed by atoms with Crippen LogP contribution in [0.15, 0.2) is 18.2 Å². The molecule has 0 saturated carbocycles. The number of phenols is 1. The Labute approximate surface area is 59.3 Å². The van der Waals surface area contributed by atoms with Crippen molar-refractivity contribution in [1.29, 1.82) is 5.26 Å². The first-order valence-corrected chi connectivity index (χ1v) is 2.94. The van der Waals surface area contributed by atoms with Crippen LogP contribution in [-0.2, 0) is 0 Å². The third-order valence-electron chi connectivity index (χ3n) is 1.34. The predicted octanol–water partition coefficient (Wildman–Crippen LogP) is 1.57. The van der Waals surface area contributed by atoms with Gasteiger partial charge in [0.25, 0.3) is 0 Å². The van der Waals surface area contributed by atoms with Gasteiger partial charge >= 0.3 is 0 Å². The standard InChI is InChI=1S/C8H7NO/c1-6-2-3-8(10)4-7(6)5-9/h2-4,10H,1H3. The molecule has 0 aromatic heterocycles. The molecule has 1 rings (SSSR count). The van der Waals surface area contributed by atoms with Gasteiger partial charge in [0.2, 0.25) is 0 Å². The second-order valence-corrected chi connectivity index (χ2v) is 2.11. The van der Waals surface area contributed by atoms with Crippen LogP contribution in [0.2, 0.25) is 0 Å². The fourth-order valence-corrected chi connectivity index (χ4v) is 0.730. The number of hydrogen-bond donors (Lipinski definition) is 1. The quantitative estimate of drug-likeness (QED) is 0.583. The van der Waals surface area contributed by atoms with Crippen molar-refractivity contribution in [1.82, 2.24) is 0 Å². The van der Waals surface area contributed by atoms with Gasteiger partial charge in [0.05, 0.1) is 11.6 Å². The molecule has 0 aliphatic heterocycles. The monoisotopic (exact) mass is 133 g/mol. The summed E-state index contributed by atoms with van der Waals surface area (Å²) in [6, 6.07) is 6.71. The van der Waals surface area contributed by atoms with E-state index in [1.54, 1.807) is 12.1 Å². The molecular formula is C8H7NO. The van der Waals surface area contributed by atoms with Crippen molar-refractivity contribution in [3.63, 3.8) is 0 Å². The zero-order valence-electron chi connectivity index (χ0n) is 5.63. The van der Waals surface area contributed by atoms with Crippen molar-refractivity contribution in [3.8, 4) is 11.8 Å². The lowest BCUT2D eigenvalue weighted by Gasteiger charge is -1.95. The molecule has 0 radical (unpaired) electrons. The van der Waals surface area contributed by atoms with Crippen LogP contribution in [0.3, 0.4) is 0 Å². The summed E-state index contributed by atoms with van der Waals surface area (Å²) in [6.45, 7) is 1.83. The summed E-state index contributed by atoms with van der Waals surface area (Å²) in [7, 11) is 0. The van der Waals surface area contributed by atoms with Gasteiger partial charge in [-0.05, 0) is 24.6 Å². The van der Waals surface area contributed by atoms with Crippen LogP contribution in [0.25, 0.3) is 0 Å². The van der Waals surface area contributed by atoms with Crippen LogP contribution >= 0.6 is 0 Å². The van der Waals surface area contributed by atoms with E-state index in [2.05, 4.69) is 0 Å². The maximum atomic E-state index is 8.92. The summed E-state index contributed by atoms with van der Waals surface area (Å²) in [5, 5.41) is 17.4. The molecule has 0 spiro atoms. The van der Waals surface area contributed by atoms with Crippen LogP contribution in [0.4, 0.5) is 0 Å². The molecule has 2 nitrogen and oxygen atoms in total. The van der Waals surface area contributed by atoms with Crippen LogP contribution in [0.5, 0.6) is 5.75 Å². The average molecular weight is 133 g/mol. The number of hydrogen-bond acceptors (Lipinski definition) is 2. The molecule has 1 aromatic rings. The highest BCUT2D eigenvalue weighted by atomic mass is 16.3. The minimum atomic E-state index is 0.141. The highest BCUT2D eigenvalue weighted by molar-refractivity contribution is 5.41. The van der Waals surface area contributed by atoms with Crippen LogP contribution in [0, 0.1) is 18.3 Å². The van der Waals surface area contributed by atoms with E-state index in [1.165, 1.54) is 6.07 Å². The number of benzene rings is 1. The van der Waals surface area contributed by atoms with Crippen molar-refractivity contribution in [3.05, 3.63) is 29.3 Å². The molecule has 0 fully saturated rings. The van der Waals surface area contributed by atoms with Gasteiger partial charge in [0.1, 0.15) is 5.75 Å². The van der Waals surface area contributed by atoms with E-state index < -0.39 is 0 Å². The maximum Gasteiger partial charge on any atom is 0.116 e. The minimum Gasteiger partial charge on any atom is -0.508 e. The van der Waals surface area contributed by atoms with E-state index in [9.17, 15) is 0 Å². The predicted molar refractivity (Wildman–Crippen MR) is 37.6 cm³/mol. The number of phenolic OH excluding ortho intramolecular Hbond substituents is 1. The first kappa shape index (κ1) is 6.63. The van der Waals surface area contributed by atoms with Gasteiger partial charge in [-0.25, -0.2) is 0 Å². The third-order valence-corrected chi connectivity index (χ3v) is 1.34. The lowest BCUT2D eigenvalue weighted by atomic mass is 10.1. The number of aromatic hydroxyl groups is 1. The van der Waals surface area contributed by atoms with E-state index in [0.29, 0.717) is 5.56 Å². The molecule has 0 saturated heterocycles. The topological polar surface area (TPSA) is 44.0 Å².